The molecule has 6 heteroatoms. The van der Waals surface area contributed by atoms with Gasteiger partial charge in [-0.15, -0.1) is 0 Å². The van der Waals surface area contributed by atoms with Gasteiger partial charge in [-0.2, -0.15) is 15.0 Å². The highest BCUT2D eigenvalue weighted by Crippen LogP contribution is 2.24. The molecule has 1 fully saturated rings. The van der Waals surface area contributed by atoms with Crippen molar-refractivity contribution in [3.8, 4) is 0 Å². The molecule has 6 nitrogen and oxygen atoms in total. The lowest BCUT2D eigenvalue weighted by Gasteiger charge is -2.14. The Morgan fingerprint density at radius 3 is 2.67 bits per heavy atom. The number of ether oxygens (including phenoxy) is 1. The standard InChI is InChI=1S/C12H21N5O/c1-7(2)10-15-11(13)17-12(16-10)14-8-4-5-9(6-8)18-3/h7-9H,4-6H2,1-3H3,(H3,13,14,15,16,17). The van der Waals surface area contributed by atoms with Gasteiger partial charge >= 0.3 is 0 Å². The summed E-state index contributed by atoms with van der Waals surface area (Å²) in [4.78, 5) is 12.7. The van der Waals surface area contributed by atoms with Crippen LogP contribution in [0.1, 0.15) is 44.9 Å². The molecule has 1 aliphatic rings. The van der Waals surface area contributed by atoms with Gasteiger partial charge in [0.1, 0.15) is 5.82 Å². The molecule has 100 valence electrons. The molecule has 2 unspecified atom stereocenters. The number of anilines is 2. The van der Waals surface area contributed by atoms with Crippen LogP contribution in [0.3, 0.4) is 0 Å². The van der Waals surface area contributed by atoms with E-state index in [0.29, 0.717) is 18.1 Å². The lowest BCUT2D eigenvalue weighted by atomic mass is 10.2. The fourth-order valence-corrected chi connectivity index (χ4v) is 2.20. The normalized spacial score (nSPS) is 23.6. The predicted octanol–water partition coefficient (Wildman–Crippen LogP) is 1.56. The van der Waals surface area contributed by atoms with Crippen LogP contribution in [0.5, 0.6) is 0 Å². The molecule has 3 N–H and O–H groups in total. The molecule has 0 amide bonds. The van der Waals surface area contributed by atoms with Gasteiger partial charge in [0.15, 0.2) is 0 Å². The first-order valence-corrected chi connectivity index (χ1v) is 6.39. The second-order valence-corrected chi connectivity index (χ2v) is 5.04. The molecule has 0 aromatic carbocycles. The zero-order valence-corrected chi connectivity index (χ0v) is 11.2. The largest absolute Gasteiger partial charge is 0.381 e. The zero-order chi connectivity index (χ0) is 13.1. The van der Waals surface area contributed by atoms with Crippen LogP contribution in [-0.2, 0) is 4.74 Å². The van der Waals surface area contributed by atoms with Gasteiger partial charge < -0.3 is 15.8 Å². The van der Waals surface area contributed by atoms with Crippen LogP contribution in [0.15, 0.2) is 0 Å². The molecule has 0 aliphatic heterocycles. The van der Waals surface area contributed by atoms with Gasteiger partial charge in [0.2, 0.25) is 11.9 Å². The first-order chi connectivity index (χ1) is 8.58. The van der Waals surface area contributed by atoms with Crippen molar-refractivity contribution < 1.29 is 4.74 Å². The van der Waals surface area contributed by atoms with Crippen LogP contribution in [0, 0.1) is 0 Å². The first kappa shape index (κ1) is 13.0. The molecule has 1 aliphatic carbocycles. The summed E-state index contributed by atoms with van der Waals surface area (Å²) in [6.07, 6.45) is 3.47. The number of nitrogen functional groups attached to an aromatic ring is 1. The highest BCUT2D eigenvalue weighted by Gasteiger charge is 2.25. The lowest BCUT2D eigenvalue weighted by Crippen LogP contribution is -2.20. The Hall–Kier alpha value is -1.43. The average molecular weight is 251 g/mol. The molecule has 0 radical (unpaired) electrons. The highest BCUT2D eigenvalue weighted by molar-refractivity contribution is 5.33. The number of hydrogen-bond donors (Lipinski definition) is 2. The summed E-state index contributed by atoms with van der Waals surface area (Å²) in [5, 5.41) is 3.32. The summed E-state index contributed by atoms with van der Waals surface area (Å²) >= 11 is 0. The fourth-order valence-electron chi connectivity index (χ4n) is 2.20. The van der Waals surface area contributed by atoms with E-state index in [4.69, 9.17) is 10.5 Å². The second-order valence-electron chi connectivity index (χ2n) is 5.04. The Morgan fingerprint density at radius 1 is 1.28 bits per heavy atom. The topological polar surface area (TPSA) is 86.0 Å². The molecule has 1 aromatic heterocycles. The number of nitrogens with one attached hydrogen (secondary N) is 1. The fraction of sp³-hybridized carbons (Fsp3) is 0.750. The van der Waals surface area contributed by atoms with Crippen molar-refractivity contribution in [2.75, 3.05) is 18.2 Å². The molecule has 1 heterocycles. The van der Waals surface area contributed by atoms with Gasteiger partial charge in [0.05, 0.1) is 6.10 Å². The van der Waals surface area contributed by atoms with Crippen LogP contribution < -0.4 is 11.1 Å². The van der Waals surface area contributed by atoms with E-state index in [0.717, 1.165) is 25.1 Å². The van der Waals surface area contributed by atoms with E-state index in [9.17, 15) is 0 Å². The molecule has 1 saturated carbocycles. The van der Waals surface area contributed by atoms with Gasteiger partial charge in [-0.25, -0.2) is 0 Å². The third kappa shape index (κ3) is 3.07. The Labute approximate surface area is 107 Å². The van der Waals surface area contributed by atoms with Gasteiger partial charge in [0, 0.05) is 19.1 Å². The van der Waals surface area contributed by atoms with E-state index in [2.05, 4.69) is 20.3 Å². The third-order valence-corrected chi connectivity index (χ3v) is 3.24. The molecule has 0 bridgehead atoms. The minimum absolute atomic E-state index is 0.242. The summed E-state index contributed by atoms with van der Waals surface area (Å²) in [5.41, 5.74) is 5.70. The van der Waals surface area contributed by atoms with Crippen LogP contribution >= 0.6 is 0 Å². The van der Waals surface area contributed by atoms with Crippen LogP contribution in [0.25, 0.3) is 0 Å². The van der Waals surface area contributed by atoms with Crippen LogP contribution in [0.2, 0.25) is 0 Å². The number of nitrogens with two attached hydrogens (primary N) is 1. The van der Waals surface area contributed by atoms with Crippen LogP contribution in [0.4, 0.5) is 11.9 Å². The third-order valence-electron chi connectivity index (χ3n) is 3.24. The Bertz CT molecular complexity index is 409. The van der Waals surface area contributed by atoms with E-state index in [1.165, 1.54) is 0 Å². The maximum Gasteiger partial charge on any atom is 0.227 e. The SMILES string of the molecule is COC1CCC(Nc2nc(N)nc(C(C)C)n2)C1. The molecule has 1 aromatic rings. The van der Waals surface area contributed by atoms with E-state index in [1.54, 1.807) is 7.11 Å². The lowest BCUT2D eigenvalue weighted by molar-refractivity contribution is 0.108. The Morgan fingerprint density at radius 2 is 2.06 bits per heavy atom. The van der Waals surface area contributed by atoms with Crippen molar-refractivity contribution in [2.24, 2.45) is 0 Å². The van der Waals surface area contributed by atoms with Crippen LogP contribution in [-0.4, -0.2) is 34.2 Å². The Balaban J connectivity index is 2.05. The molecule has 0 saturated heterocycles. The molecule has 0 spiro atoms. The predicted molar refractivity (Wildman–Crippen MR) is 70.4 cm³/mol. The summed E-state index contributed by atoms with van der Waals surface area (Å²) < 4.78 is 5.35. The number of hydrogen-bond acceptors (Lipinski definition) is 6. The minimum atomic E-state index is 0.242. The average Bonchev–Trinajstić information content (AvgIpc) is 2.76. The summed E-state index contributed by atoms with van der Waals surface area (Å²) in [7, 11) is 1.75. The van der Waals surface area contributed by atoms with Gasteiger partial charge in [-0.1, -0.05) is 13.8 Å². The van der Waals surface area contributed by atoms with Crippen molar-refractivity contribution in [1.29, 1.82) is 0 Å². The van der Waals surface area contributed by atoms with Crippen molar-refractivity contribution in [3.05, 3.63) is 5.82 Å². The maximum atomic E-state index is 5.70. The first-order valence-electron chi connectivity index (χ1n) is 6.39. The molecular weight excluding hydrogens is 230 g/mol. The van der Waals surface area contributed by atoms with Gasteiger partial charge in [-0.05, 0) is 19.3 Å². The second kappa shape index (κ2) is 5.48. The molecule has 18 heavy (non-hydrogen) atoms. The van der Waals surface area contributed by atoms with Crippen molar-refractivity contribution in [2.45, 2.75) is 51.2 Å². The van der Waals surface area contributed by atoms with E-state index in [-0.39, 0.29) is 11.9 Å². The van der Waals surface area contributed by atoms with E-state index in [1.807, 2.05) is 13.8 Å². The smallest absolute Gasteiger partial charge is 0.227 e. The Kier molecular flexibility index (Phi) is 3.96. The number of nitrogens with zero attached hydrogens (tertiary/aromatic N) is 3. The summed E-state index contributed by atoms with van der Waals surface area (Å²) in [5.74, 6) is 1.82. The van der Waals surface area contributed by atoms with E-state index >= 15 is 0 Å². The zero-order valence-electron chi connectivity index (χ0n) is 11.2. The summed E-state index contributed by atoms with van der Waals surface area (Å²) in [6, 6.07) is 0.358. The van der Waals surface area contributed by atoms with Crippen molar-refractivity contribution in [1.82, 2.24) is 15.0 Å². The van der Waals surface area contributed by atoms with E-state index < -0.39 is 0 Å². The minimum Gasteiger partial charge on any atom is -0.381 e. The summed E-state index contributed by atoms with van der Waals surface area (Å²) in [6.45, 7) is 4.07. The van der Waals surface area contributed by atoms with Crippen molar-refractivity contribution in [3.63, 3.8) is 0 Å². The number of rotatable bonds is 4. The monoisotopic (exact) mass is 251 g/mol. The van der Waals surface area contributed by atoms with Gasteiger partial charge in [-0.3, -0.25) is 0 Å². The quantitative estimate of drug-likeness (QED) is 0.844. The maximum absolute atomic E-state index is 5.70. The highest BCUT2D eigenvalue weighted by atomic mass is 16.5. The number of aromatic nitrogens is 3. The molecule has 2 atom stereocenters. The number of methoxy groups -OCH3 is 1. The van der Waals surface area contributed by atoms with Crippen molar-refractivity contribution >= 4 is 11.9 Å². The van der Waals surface area contributed by atoms with Gasteiger partial charge in [0.25, 0.3) is 0 Å². The molecule has 2 rings (SSSR count). The molecular formula is C12H21N5O.